The van der Waals surface area contributed by atoms with E-state index in [9.17, 15) is 14.7 Å². The van der Waals surface area contributed by atoms with E-state index in [1.165, 1.54) is 23.1 Å². The topological polar surface area (TPSA) is 78.9 Å². The van der Waals surface area contributed by atoms with E-state index >= 15 is 0 Å². The fourth-order valence-electron chi connectivity index (χ4n) is 2.75. The maximum absolute atomic E-state index is 12.9. The summed E-state index contributed by atoms with van der Waals surface area (Å²) in [6.45, 7) is 2.33. The van der Waals surface area contributed by atoms with Gasteiger partial charge in [-0.05, 0) is 64.3 Å². The number of thioether (sulfide) groups is 1. The highest BCUT2D eigenvalue weighted by Crippen LogP contribution is 2.40. The number of carbonyl (C=O) groups excluding carboxylic acids is 2. The SMILES string of the molecule is CCOc1cc(/C=C2\SC(=S)N(c3cccc(C(=O)[O-])c3)C2=O)cc(Br)c1OC. The number of rotatable bonds is 6. The maximum atomic E-state index is 12.9. The fourth-order valence-corrected chi connectivity index (χ4v) is 4.67. The van der Waals surface area contributed by atoms with E-state index in [1.807, 2.05) is 13.0 Å². The van der Waals surface area contributed by atoms with E-state index < -0.39 is 5.97 Å². The lowest BCUT2D eigenvalue weighted by Crippen LogP contribution is -2.28. The molecule has 3 rings (SSSR count). The zero-order valence-electron chi connectivity index (χ0n) is 15.4. The van der Waals surface area contributed by atoms with Gasteiger partial charge in [-0.3, -0.25) is 9.69 Å². The number of methoxy groups -OCH3 is 1. The molecule has 0 aliphatic carbocycles. The molecule has 9 heteroatoms. The van der Waals surface area contributed by atoms with Crippen LogP contribution < -0.4 is 19.5 Å². The molecule has 2 aromatic rings. The molecule has 0 bridgehead atoms. The van der Waals surface area contributed by atoms with Crippen LogP contribution in [0.15, 0.2) is 45.8 Å². The van der Waals surface area contributed by atoms with Crippen LogP contribution in [0.25, 0.3) is 6.08 Å². The molecule has 1 saturated heterocycles. The molecule has 1 aliphatic rings. The molecule has 2 aromatic carbocycles. The summed E-state index contributed by atoms with van der Waals surface area (Å²) in [5, 5.41) is 11.1. The predicted octanol–water partition coefficient (Wildman–Crippen LogP) is 3.63. The third kappa shape index (κ3) is 4.47. The minimum atomic E-state index is -1.32. The number of carbonyl (C=O) groups is 2. The Morgan fingerprint density at radius 2 is 2.10 bits per heavy atom. The second-order valence-corrected chi connectivity index (χ2v) is 8.35. The molecule has 0 unspecified atom stereocenters. The molecule has 0 radical (unpaired) electrons. The van der Waals surface area contributed by atoms with Crippen molar-refractivity contribution in [2.24, 2.45) is 0 Å². The van der Waals surface area contributed by atoms with E-state index in [0.29, 0.717) is 37.5 Å². The van der Waals surface area contributed by atoms with Gasteiger partial charge in [0, 0.05) is 0 Å². The highest BCUT2D eigenvalue weighted by atomic mass is 79.9. The average Bonchev–Trinajstić information content (AvgIpc) is 2.95. The highest BCUT2D eigenvalue weighted by Gasteiger charge is 2.33. The van der Waals surface area contributed by atoms with Crippen LogP contribution in [0.5, 0.6) is 11.5 Å². The summed E-state index contributed by atoms with van der Waals surface area (Å²) < 4.78 is 12.0. The Morgan fingerprint density at radius 1 is 1.34 bits per heavy atom. The van der Waals surface area contributed by atoms with Crippen molar-refractivity contribution in [3.8, 4) is 11.5 Å². The van der Waals surface area contributed by atoms with Crippen LogP contribution in [0.1, 0.15) is 22.8 Å². The number of thiocarbonyl (C=S) groups is 1. The number of nitrogens with zero attached hydrogens (tertiary/aromatic N) is 1. The molecule has 6 nitrogen and oxygen atoms in total. The number of anilines is 1. The Hall–Kier alpha value is -2.36. The Kier molecular flexibility index (Phi) is 6.61. The van der Waals surface area contributed by atoms with Crippen molar-refractivity contribution >= 4 is 67.9 Å². The first-order valence-electron chi connectivity index (χ1n) is 8.45. The molecular formula is C20H15BrNO5S2-. The van der Waals surface area contributed by atoms with Gasteiger partial charge in [0.25, 0.3) is 5.91 Å². The third-order valence-electron chi connectivity index (χ3n) is 3.97. The summed E-state index contributed by atoms with van der Waals surface area (Å²) in [7, 11) is 1.55. The standard InChI is InChI=1S/C20H16BrNO5S2/c1-3-27-15-8-11(7-14(21)17(15)26-2)9-16-18(23)22(20(28)29-16)13-6-4-5-12(10-13)19(24)25/h4-10H,3H2,1-2H3,(H,24,25)/p-1/b16-9-. The molecule has 0 saturated carbocycles. The zero-order chi connectivity index (χ0) is 21.1. The van der Waals surface area contributed by atoms with Crippen molar-refractivity contribution in [2.75, 3.05) is 18.6 Å². The van der Waals surface area contributed by atoms with Crippen LogP contribution in [-0.2, 0) is 4.79 Å². The molecule has 0 aromatic heterocycles. The van der Waals surface area contributed by atoms with Gasteiger partial charge >= 0.3 is 0 Å². The second kappa shape index (κ2) is 8.98. The van der Waals surface area contributed by atoms with Gasteiger partial charge in [0.15, 0.2) is 15.8 Å². The Morgan fingerprint density at radius 3 is 2.76 bits per heavy atom. The lowest BCUT2D eigenvalue weighted by molar-refractivity contribution is -0.255. The zero-order valence-corrected chi connectivity index (χ0v) is 18.7. The number of hydrogen-bond donors (Lipinski definition) is 0. The fraction of sp³-hybridized carbons (Fsp3) is 0.150. The van der Waals surface area contributed by atoms with Crippen molar-refractivity contribution in [3.05, 3.63) is 56.9 Å². The summed E-state index contributed by atoms with van der Waals surface area (Å²) in [5.41, 5.74) is 1.08. The van der Waals surface area contributed by atoms with E-state index in [0.717, 1.165) is 17.3 Å². The number of benzene rings is 2. The molecule has 1 aliphatic heterocycles. The molecule has 1 heterocycles. The number of amides is 1. The lowest BCUT2D eigenvalue weighted by Gasteiger charge is -2.16. The lowest BCUT2D eigenvalue weighted by atomic mass is 10.1. The van der Waals surface area contributed by atoms with Gasteiger partial charge in [-0.15, -0.1) is 0 Å². The quantitative estimate of drug-likeness (QED) is 0.449. The summed E-state index contributed by atoms with van der Waals surface area (Å²) >= 11 is 9.93. The van der Waals surface area contributed by atoms with E-state index in [1.54, 1.807) is 25.3 Å². The van der Waals surface area contributed by atoms with Crippen LogP contribution in [0.2, 0.25) is 0 Å². The van der Waals surface area contributed by atoms with E-state index in [4.69, 9.17) is 21.7 Å². The summed E-state index contributed by atoms with van der Waals surface area (Å²) in [5.74, 6) is -0.539. The van der Waals surface area contributed by atoms with Crippen molar-refractivity contribution in [1.82, 2.24) is 0 Å². The van der Waals surface area contributed by atoms with Crippen molar-refractivity contribution in [1.29, 1.82) is 0 Å². The number of halogens is 1. The van der Waals surface area contributed by atoms with Gasteiger partial charge < -0.3 is 19.4 Å². The number of aromatic carboxylic acids is 1. The van der Waals surface area contributed by atoms with Gasteiger partial charge in [0.05, 0.1) is 34.8 Å². The number of ether oxygens (including phenoxy) is 2. The molecule has 0 N–H and O–H groups in total. The number of carboxylic acids is 1. The molecule has 1 fully saturated rings. The first-order valence-corrected chi connectivity index (χ1v) is 10.5. The maximum Gasteiger partial charge on any atom is 0.270 e. The largest absolute Gasteiger partial charge is 0.545 e. The van der Waals surface area contributed by atoms with Crippen LogP contribution in [-0.4, -0.2) is 29.9 Å². The van der Waals surface area contributed by atoms with Crippen LogP contribution in [0.4, 0.5) is 5.69 Å². The van der Waals surface area contributed by atoms with Crippen molar-refractivity contribution < 1.29 is 24.2 Å². The molecule has 29 heavy (non-hydrogen) atoms. The summed E-state index contributed by atoms with van der Waals surface area (Å²) in [4.78, 5) is 25.8. The van der Waals surface area contributed by atoms with E-state index in [2.05, 4.69) is 15.9 Å². The normalized spacial score (nSPS) is 15.1. The molecule has 1 amide bonds. The van der Waals surface area contributed by atoms with Crippen LogP contribution >= 0.6 is 39.9 Å². The average molecular weight is 493 g/mol. The van der Waals surface area contributed by atoms with Crippen LogP contribution in [0, 0.1) is 0 Å². The Balaban J connectivity index is 1.96. The Bertz CT molecular complexity index is 1040. The van der Waals surface area contributed by atoms with E-state index in [-0.39, 0.29) is 11.5 Å². The smallest absolute Gasteiger partial charge is 0.270 e. The molecule has 0 atom stereocenters. The summed E-state index contributed by atoms with van der Waals surface area (Å²) in [6, 6.07) is 9.51. The van der Waals surface area contributed by atoms with Crippen LogP contribution in [0.3, 0.4) is 0 Å². The molecule has 150 valence electrons. The highest BCUT2D eigenvalue weighted by molar-refractivity contribution is 9.10. The third-order valence-corrected chi connectivity index (χ3v) is 5.86. The minimum Gasteiger partial charge on any atom is -0.545 e. The summed E-state index contributed by atoms with van der Waals surface area (Å²) in [6.07, 6.45) is 1.70. The number of carboxylic acid groups (broad SMARTS) is 1. The van der Waals surface area contributed by atoms with Gasteiger partial charge in [-0.2, -0.15) is 0 Å². The van der Waals surface area contributed by atoms with Gasteiger partial charge in [0.2, 0.25) is 0 Å². The first-order chi connectivity index (χ1) is 13.8. The van der Waals surface area contributed by atoms with Gasteiger partial charge in [0.1, 0.15) is 0 Å². The van der Waals surface area contributed by atoms with Gasteiger partial charge in [-0.25, -0.2) is 0 Å². The number of hydrogen-bond acceptors (Lipinski definition) is 7. The predicted molar refractivity (Wildman–Crippen MR) is 118 cm³/mol. The molecule has 0 spiro atoms. The second-order valence-electron chi connectivity index (χ2n) is 5.82. The monoisotopic (exact) mass is 492 g/mol. The Labute approximate surface area is 185 Å². The van der Waals surface area contributed by atoms with Crippen molar-refractivity contribution in [3.63, 3.8) is 0 Å². The van der Waals surface area contributed by atoms with Gasteiger partial charge in [-0.1, -0.05) is 36.1 Å². The molecular weight excluding hydrogens is 478 g/mol. The van der Waals surface area contributed by atoms with Crippen molar-refractivity contribution in [2.45, 2.75) is 6.92 Å². The minimum absolute atomic E-state index is 0.0269. The first kappa shape index (κ1) is 21.4.